The molecule has 6 heteroatoms. The molecule has 0 aliphatic carbocycles. The molecule has 0 saturated heterocycles. The number of non-ortho nitro benzene ring substituents is 1. The van der Waals surface area contributed by atoms with Crippen molar-refractivity contribution in [2.75, 3.05) is 7.05 Å². The van der Waals surface area contributed by atoms with Crippen LogP contribution in [0.4, 0.5) is 5.69 Å². The zero-order valence-corrected chi connectivity index (χ0v) is 13.0. The maximum absolute atomic E-state index is 12.2. The van der Waals surface area contributed by atoms with Crippen LogP contribution in [0.1, 0.15) is 45.2 Å². The average molecular weight is 293 g/mol. The Morgan fingerprint density at radius 3 is 2.62 bits per heavy atom. The second-order valence-electron chi connectivity index (χ2n) is 6.02. The monoisotopic (exact) mass is 293 g/mol. The van der Waals surface area contributed by atoms with Gasteiger partial charge in [-0.15, -0.1) is 0 Å². The van der Waals surface area contributed by atoms with Crippen molar-refractivity contribution in [3.8, 4) is 0 Å². The second kappa shape index (κ2) is 6.67. The molecule has 0 fully saturated rings. The minimum absolute atomic E-state index is 0.0208. The van der Waals surface area contributed by atoms with Crippen LogP contribution in [0.25, 0.3) is 0 Å². The number of benzene rings is 1. The smallest absolute Gasteiger partial charge is 0.269 e. The first-order valence-electron chi connectivity index (χ1n) is 6.91. The van der Waals surface area contributed by atoms with Crippen molar-refractivity contribution in [1.82, 2.24) is 4.90 Å². The summed E-state index contributed by atoms with van der Waals surface area (Å²) < 4.78 is 0. The summed E-state index contributed by atoms with van der Waals surface area (Å²) in [6.45, 7) is 5.61. The van der Waals surface area contributed by atoms with Crippen LogP contribution >= 0.6 is 0 Å². The lowest BCUT2D eigenvalue weighted by Gasteiger charge is -2.27. The summed E-state index contributed by atoms with van der Waals surface area (Å²) in [7, 11) is 1.70. The molecule has 1 unspecified atom stereocenters. The van der Waals surface area contributed by atoms with Crippen molar-refractivity contribution in [2.24, 2.45) is 5.73 Å². The summed E-state index contributed by atoms with van der Waals surface area (Å²) >= 11 is 0. The minimum Gasteiger partial charge on any atom is -0.339 e. The van der Waals surface area contributed by atoms with Crippen LogP contribution in [-0.2, 0) is 4.79 Å². The summed E-state index contributed by atoms with van der Waals surface area (Å²) in [4.78, 5) is 24.1. The van der Waals surface area contributed by atoms with E-state index in [4.69, 9.17) is 5.73 Å². The molecule has 0 radical (unpaired) electrons. The van der Waals surface area contributed by atoms with Gasteiger partial charge in [0.2, 0.25) is 5.91 Å². The van der Waals surface area contributed by atoms with Crippen molar-refractivity contribution < 1.29 is 9.72 Å². The number of nitrogens with two attached hydrogens (primary N) is 1. The van der Waals surface area contributed by atoms with E-state index in [1.54, 1.807) is 24.1 Å². The largest absolute Gasteiger partial charge is 0.339 e. The van der Waals surface area contributed by atoms with Crippen LogP contribution in [-0.4, -0.2) is 28.3 Å². The van der Waals surface area contributed by atoms with Gasteiger partial charge in [-0.2, -0.15) is 0 Å². The predicted molar refractivity (Wildman–Crippen MR) is 81.8 cm³/mol. The Morgan fingerprint density at radius 2 is 2.10 bits per heavy atom. The Kier molecular flexibility index (Phi) is 5.43. The first-order valence-corrected chi connectivity index (χ1v) is 6.91. The van der Waals surface area contributed by atoms with Gasteiger partial charge in [0.25, 0.3) is 5.69 Å². The van der Waals surface area contributed by atoms with Crippen molar-refractivity contribution in [3.05, 3.63) is 39.9 Å². The summed E-state index contributed by atoms with van der Waals surface area (Å²) in [6.07, 6.45) is 0.955. The summed E-state index contributed by atoms with van der Waals surface area (Å²) in [5.41, 5.74) is 6.27. The maximum atomic E-state index is 12.2. The molecule has 116 valence electrons. The van der Waals surface area contributed by atoms with E-state index in [0.717, 1.165) is 5.56 Å². The third-order valence-corrected chi connectivity index (χ3v) is 3.52. The topological polar surface area (TPSA) is 89.5 Å². The molecule has 0 heterocycles. The minimum atomic E-state index is -0.436. The van der Waals surface area contributed by atoms with Gasteiger partial charge in [-0.1, -0.05) is 12.1 Å². The Morgan fingerprint density at radius 1 is 1.48 bits per heavy atom. The number of rotatable bonds is 6. The number of hydrogen-bond donors (Lipinski definition) is 1. The standard InChI is InChI=1S/C15H23N3O3/c1-11(12-6-5-7-13(10-12)18(20)21)17(4)14(19)8-9-15(2,3)16/h5-7,10-11H,8-9,16H2,1-4H3. The highest BCUT2D eigenvalue weighted by Crippen LogP contribution is 2.24. The molecule has 6 nitrogen and oxygen atoms in total. The first kappa shape index (κ1) is 17.1. The first-order chi connectivity index (χ1) is 9.61. The van der Waals surface area contributed by atoms with Crippen LogP contribution in [0.5, 0.6) is 0 Å². The highest BCUT2D eigenvalue weighted by molar-refractivity contribution is 5.76. The average Bonchev–Trinajstić information content (AvgIpc) is 2.42. The molecular formula is C15H23N3O3. The molecule has 1 rings (SSSR count). The van der Waals surface area contributed by atoms with E-state index in [1.807, 2.05) is 20.8 Å². The highest BCUT2D eigenvalue weighted by Gasteiger charge is 2.21. The van der Waals surface area contributed by atoms with Gasteiger partial charge in [0.1, 0.15) is 0 Å². The van der Waals surface area contributed by atoms with Crippen molar-refractivity contribution >= 4 is 11.6 Å². The molecule has 1 amide bonds. The van der Waals surface area contributed by atoms with Crippen molar-refractivity contribution in [2.45, 2.75) is 45.2 Å². The SMILES string of the molecule is CC(c1cccc([N+](=O)[O-])c1)N(C)C(=O)CCC(C)(C)N. The van der Waals surface area contributed by atoms with E-state index in [9.17, 15) is 14.9 Å². The van der Waals surface area contributed by atoms with Crippen LogP contribution < -0.4 is 5.73 Å². The number of amides is 1. The second-order valence-corrected chi connectivity index (χ2v) is 6.02. The summed E-state index contributed by atoms with van der Waals surface area (Å²) in [5, 5.41) is 10.8. The lowest BCUT2D eigenvalue weighted by Crippen LogP contribution is -2.35. The highest BCUT2D eigenvalue weighted by atomic mass is 16.6. The van der Waals surface area contributed by atoms with Crippen molar-refractivity contribution in [3.63, 3.8) is 0 Å². The van der Waals surface area contributed by atoms with Gasteiger partial charge in [0, 0.05) is 31.1 Å². The summed E-state index contributed by atoms with van der Waals surface area (Å²) in [6, 6.07) is 6.13. The fraction of sp³-hybridized carbons (Fsp3) is 0.533. The number of carbonyl (C=O) groups excluding carboxylic acids is 1. The Bertz CT molecular complexity index is 523. The van der Waals surface area contributed by atoms with Crippen LogP contribution in [0.3, 0.4) is 0 Å². The van der Waals surface area contributed by atoms with Gasteiger partial charge in [-0.3, -0.25) is 14.9 Å². The van der Waals surface area contributed by atoms with Gasteiger partial charge in [0.15, 0.2) is 0 Å². The Labute approximate surface area is 125 Å². The number of carbonyl (C=O) groups is 1. The van der Waals surface area contributed by atoms with Crippen LogP contribution in [0.2, 0.25) is 0 Å². The molecule has 1 aromatic rings. The molecule has 0 saturated carbocycles. The number of nitro benzene ring substituents is 1. The normalized spacial score (nSPS) is 12.8. The van der Waals surface area contributed by atoms with E-state index in [-0.39, 0.29) is 23.2 Å². The third kappa shape index (κ3) is 5.15. The molecule has 0 spiro atoms. The molecule has 1 aromatic carbocycles. The molecule has 0 aliphatic heterocycles. The zero-order chi connectivity index (χ0) is 16.2. The van der Waals surface area contributed by atoms with Gasteiger partial charge in [-0.25, -0.2) is 0 Å². The third-order valence-electron chi connectivity index (χ3n) is 3.52. The lowest BCUT2D eigenvalue weighted by molar-refractivity contribution is -0.384. The molecule has 0 aromatic heterocycles. The molecule has 1 atom stereocenters. The van der Waals surface area contributed by atoms with E-state index in [1.165, 1.54) is 12.1 Å². The zero-order valence-electron chi connectivity index (χ0n) is 13.0. The number of nitrogens with zero attached hydrogens (tertiary/aromatic N) is 2. The van der Waals surface area contributed by atoms with E-state index < -0.39 is 4.92 Å². The fourth-order valence-electron chi connectivity index (χ4n) is 1.94. The van der Waals surface area contributed by atoms with Crippen LogP contribution in [0, 0.1) is 10.1 Å². The molecule has 0 aliphatic rings. The molecule has 2 N–H and O–H groups in total. The fourth-order valence-corrected chi connectivity index (χ4v) is 1.94. The number of hydrogen-bond acceptors (Lipinski definition) is 4. The van der Waals surface area contributed by atoms with Gasteiger partial charge < -0.3 is 10.6 Å². The molecule has 21 heavy (non-hydrogen) atoms. The quantitative estimate of drug-likeness (QED) is 0.645. The van der Waals surface area contributed by atoms with E-state index in [0.29, 0.717) is 12.8 Å². The van der Waals surface area contributed by atoms with Gasteiger partial charge >= 0.3 is 0 Å². The summed E-state index contributed by atoms with van der Waals surface area (Å²) in [5.74, 6) is -0.0208. The predicted octanol–water partition coefficient (Wildman–Crippen LogP) is 2.63. The molecule has 0 bridgehead atoms. The Balaban J connectivity index is 2.78. The molecular weight excluding hydrogens is 270 g/mol. The lowest BCUT2D eigenvalue weighted by atomic mass is 9.99. The van der Waals surface area contributed by atoms with E-state index >= 15 is 0 Å². The Hall–Kier alpha value is -1.95. The van der Waals surface area contributed by atoms with Gasteiger partial charge in [0.05, 0.1) is 11.0 Å². The number of nitro groups is 1. The van der Waals surface area contributed by atoms with Gasteiger partial charge in [-0.05, 0) is 32.8 Å². The maximum Gasteiger partial charge on any atom is 0.269 e. The van der Waals surface area contributed by atoms with Crippen molar-refractivity contribution in [1.29, 1.82) is 0 Å². The van der Waals surface area contributed by atoms with E-state index in [2.05, 4.69) is 0 Å². The van der Waals surface area contributed by atoms with Crippen LogP contribution in [0.15, 0.2) is 24.3 Å².